The van der Waals surface area contributed by atoms with Crippen LogP contribution < -0.4 is 11.1 Å². The summed E-state index contributed by atoms with van der Waals surface area (Å²) in [5.74, 6) is 1.39. The van der Waals surface area contributed by atoms with Crippen LogP contribution in [-0.2, 0) is 12.2 Å². The Morgan fingerprint density at radius 1 is 0.966 bits per heavy atom. The number of nitrogens with zero attached hydrogens (tertiary/aromatic N) is 5. The fourth-order valence-electron chi connectivity index (χ4n) is 2.49. The highest BCUT2D eigenvalue weighted by Crippen LogP contribution is 2.22. The molecule has 3 N–H and O–H groups in total. The number of hydrogen-bond acceptors (Lipinski definition) is 9. The van der Waals surface area contributed by atoms with Gasteiger partial charge < -0.3 is 15.5 Å². The fourth-order valence-corrected chi connectivity index (χ4v) is 3.12. The molecule has 0 aliphatic heterocycles. The van der Waals surface area contributed by atoms with Crippen LogP contribution in [0.1, 0.15) is 17.3 Å². The van der Waals surface area contributed by atoms with Crippen LogP contribution in [0.4, 0.5) is 22.0 Å². The van der Waals surface area contributed by atoms with Gasteiger partial charge in [0.1, 0.15) is 11.6 Å². The van der Waals surface area contributed by atoms with Crippen LogP contribution in [0.3, 0.4) is 0 Å². The molecule has 0 unspecified atom stereocenters. The van der Waals surface area contributed by atoms with Crippen molar-refractivity contribution in [2.45, 2.75) is 17.4 Å². The van der Waals surface area contributed by atoms with Gasteiger partial charge in [-0.25, -0.2) is 4.39 Å². The molecule has 146 valence electrons. The van der Waals surface area contributed by atoms with Crippen LogP contribution >= 0.6 is 11.8 Å². The number of halogens is 1. The predicted octanol–water partition coefficient (Wildman–Crippen LogP) is 3.60. The Kier molecular flexibility index (Phi) is 5.61. The zero-order valence-electron chi connectivity index (χ0n) is 15.1. The predicted molar refractivity (Wildman–Crippen MR) is 107 cm³/mol. The van der Waals surface area contributed by atoms with Gasteiger partial charge in [-0.15, -0.1) is 10.2 Å². The normalized spacial score (nSPS) is 10.8. The fraction of sp³-hybridized carbons (Fsp3) is 0.105. The Bertz CT molecular complexity index is 1090. The van der Waals surface area contributed by atoms with Crippen molar-refractivity contribution >= 4 is 29.3 Å². The number of benzene rings is 2. The van der Waals surface area contributed by atoms with Crippen molar-refractivity contribution in [3.05, 3.63) is 77.7 Å². The van der Waals surface area contributed by atoms with Gasteiger partial charge in [0.15, 0.2) is 0 Å². The first-order valence-corrected chi connectivity index (χ1v) is 9.65. The van der Waals surface area contributed by atoms with Crippen LogP contribution in [0.5, 0.6) is 0 Å². The molecule has 10 heteroatoms. The molecule has 4 aromatic rings. The van der Waals surface area contributed by atoms with Gasteiger partial charge in [-0.3, -0.25) is 0 Å². The number of nitrogens with one attached hydrogen (secondary N) is 1. The van der Waals surface area contributed by atoms with E-state index in [1.807, 2.05) is 30.3 Å². The molecule has 0 atom stereocenters. The van der Waals surface area contributed by atoms with Crippen LogP contribution in [0.15, 0.2) is 64.2 Å². The van der Waals surface area contributed by atoms with Gasteiger partial charge in [-0.2, -0.15) is 15.0 Å². The molecule has 2 aromatic heterocycles. The lowest BCUT2D eigenvalue weighted by Crippen LogP contribution is -2.06. The van der Waals surface area contributed by atoms with Crippen molar-refractivity contribution in [1.82, 2.24) is 25.1 Å². The summed E-state index contributed by atoms with van der Waals surface area (Å²) in [5.41, 5.74) is 7.50. The molecule has 0 saturated carbocycles. The van der Waals surface area contributed by atoms with Crippen molar-refractivity contribution < 1.29 is 8.81 Å². The molecule has 0 aliphatic carbocycles. The first kappa shape index (κ1) is 18.8. The van der Waals surface area contributed by atoms with Gasteiger partial charge in [0.25, 0.3) is 5.22 Å². The number of anilines is 3. The Morgan fingerprint density at radius 2 is 1.76 bits per heavy atom. The van der Waals surface area contributed by atoms with Gasteiger partial charge in [0.05, 0.1) is 12.2 Å². The quantitative estimate of drug-likeness (QED) is 0.442. The van der Waals surface area contributed by atoms with Crippen molar-refractivity contribution in [1.29, 1.82) is 0 Å². The maximum atomic E-state index is 13.0. The van der Waals surface area contributed by atoms with E-state index >= 15 is 0 Å². The summed E-state index contributed by atoms with van der Waals surface area (Å²) in [6.07, 6.45) is 0.568. The number of aromatic nitrogens is 5. The Hall–Kier alpha value is -3.53. The Morgan fingerprint density at radius 3 is 2.55 bits per heavy atom. The third-order valence-corrected chi connectivity index (χ3v) is 4.59. The van der Waals surface area contributed by atoms with E-state index in [1.54, 1.807) is 12.1 Å². The van der Waals surface area contributed by atoms with E-state index in [1.165, 1.54) is 23.9 Å². The van der Waals surface area contributed by atoms with E-state index in [-0.39, 0.29) is 17.7 Å². The van der Waals surface area contributed by atoms with Crippen molar-refractivity contribution in [2.75, 3.05) is 11.1 Å². The molecule has 0 spiro atoms. The van der Waals surface area contributed by atoms with Crippen LogP contribution in [0, 0.1) is 5.82 Å². The zero-order chi connectivity index (χ0) is 20.1. The summed E-state index contributed by atoms with van der Waals surface area (Å²) in [5, 5.41) is 11.5. The van der Waals surface area contributed by atoms with Gasteiger partial charge in [-0.05, 0) is 29.8 Å². The molecule has 2 heterocycles. The Labute approximate surface area is 169 Å². The van der Waals surface area contributed by atoms with E-state index in [9.17, 15) is 4.39 Å². The summed E-state index contributed by atoms with van der Waals surface area (Å²) < 4.78 is 18.7. The van der Waals surface area contributed by atoms with Gasteiger partial charge >= 0.3 is 0 Å². The molecule has 29 heavy (non-hydrogen) atoms. The first-order valence-electron chi connectivity index (χ1n) is 8.66. The maximum absolute atomic E-state index is 13.0. The molecule has 4 rings (SSSR count). The van der Waals surface area contributed by atoms with Crippen molar-refractivity contribution in [3.8, 4) is 0 Å². The summed E-state index contributed by atoms with van der Waals surface area (Å²) >= 11 is 1.30. The topological polar surface area (TPSA) is 116 Å². The van der Waals surface area contributed by atoms with Crippen LogP contribution in [-0.4, -0.2) is 25.1 Å². The smallest absolute Gasteiger partial charge is 0.277 e. The standard InChI is InChI=1S/C19H16FN7OS/c20-13-6-8-14(9-7-13)22-18-24-15(23-17(21)25-18)11-29-19-27-26-16(28-19)10-12-4-2-1-3-5-12/h1-9H,10-11H2,(H3,21,22,23,24,25). The second-order valence-corrected chi connectivity index (χ2v) is 6.90. The third-order valence-electron chi connectivity index (χ3n) is 3.77. The summed E-state index contributed by atoms with van der Waals surface area (Å²) in [4.78, 5) is 12.5. The lowest BCUT2D eigenvalue weighted by atomic mass is 10.2. The highest BCUT2D eigenvalue weighted by Gasteiger charge is 2.11. The summed E-state index contributed by atoms with van der Waals surface area (Å²) in [6, 6.07) is 15.7. The number of nitrogen functional groups attached to an aromatic ring is 1. The van der Waals surface area contributed by atoms with Gasteiger partial charge in [-0.1, -0.05) is 42.1 Å². The van der Waals surface area contributed by atoms with Crippen molar-refractivity contribution in [2.24, 2.45) is 0 Å². The van der Waals surface area contributed by atoms with E-state index < -0.39 is 0 Å². The van der Waals surface area contributed by atoms with Crippen LogP contribution in [0.25, 0.3) is 0 Å². The highest BCUT2D eigenvalue weighted by molar-refractivity contribution is 7.98. The number of rotatable bonds is 7. The SMILES string of the molecule is Nc1nc(CSc2nnc(Cc3ccccc3)o2)nc(Nc2ccc(F)cc2)n1. The average Bonchev–Trinajstić information content (AvgIpc) is 3.16. The Balaban J connectivity index is 1.39. The molecule has 0 radical (unpaired) electrons. The molecule has 0 aliphatic rings. The van der Waals surface area contributed by atoms with Gasteiger partial charge in [0.2, 0.25) is 17.8 Å². The summed E-state index contributed by atoms with van der Waals surface area (Å²) in [7, 11) is 0. The van der Waals surface area contributed by atoms with Crippen LogP contribution in [0.2, 0.25) is 0 Å². The minimum absolute atomic E-state index is 0.0792. The molecule has 0 bridgehead atoms. The molecule has 0 saturated heterocycles. The molecule has 2 aromatic carbocycles. The van der Waals surface area contributed by atoms with E-state index in [0.29, 0.717) is 34.8 Å². The molecule has 8 nitrogen and oxygen atoms in total. The largest absolute Gasteiger partial charge is 0.416 e. The number of nitrogens with two attached hydrogens (primary N) is 1. The van der Waals surface area contributed by atoms with Crippen molar-refractivity contribution in [3.63, 3.8) is 0 Å². The summed E-state index contributed by atoms with van der Waals surface area (Å²) in [6.45, 7) is 0. The molecule has 0 amide bonds. The monoisotopic (exact) mass is 409 g/mol. The van der Waals surface area contributed by atoms with E-state index in [0.717, 1.165) is 5.56 Å². The molecule has 0 fully saturated rings. The molecular formula is C19H16FN7OS. The lowest BCUT2D eigenvalue weighted by Gasteiger charge is -2.06. The minimum atomic E-state index is -0.325. The zero-order valence-corrected chi connectivity index (χ0v) is 15.9. The van der Waals surface area contributed by atoms with E-state index in [2.05, 4.69) is 30.5 Å². The van der Waals surface area contributed by atoms with E-state index in [4.69, 9.17) is 10.2 Å². The second-order valence-electron chi connectivity index (χ2n) is 5.98. The number of hydrogen-bond donors (Lipinski definition) is 2. The average molecular weight is 409 g/mol. The maximum Gasteiger partial charge on any atom is 0.277 e. The second kappa shape index (κ2) is 8.65. The first-order chi connectivity index (χ1) is 14.1. The number of thioether (sulfide) groups is 1. The minimum Gasteiger partial charge on any atom is -0.416 e. The van der Waals surface area contributed by atoms with Gasteiger partial charge in [0, 0.05) is 5.69 Å². The highest BCUT2D eigenvalue weighted by atomic mass is 32.2. The molecular weight excluding hydrogens is 393 g/mol. The third kappa shape index (κ3) is 5.26. The lowest BCUT2D eigenvalue weighted by molar-refractivity contribution is 0.420.